The van der Waals surface area contributed by atoms with Crippen LogP contribution in [0, 0.1) is 6.92 Å². The van der Waals surface area contributed by atoms with Crippen molar-refractivity contribution < 1.29 is 4.42 Å². The molecule has 0 fully saturated rings. The van der Waals surface area contributed by atoms with E-state index in [0.717, 1.165) is 28.3 Å². The summed E-state index contributed by atoms with van der Waals surface area (Å²) in [6.07, 6.45) is 0.747. The van der Waals surface area contributed by atoms with Crippen LogP contribution < -0.4 is 0 Å². The van der Waals surface area contributed by atoms with Gasteiger partial charge in [0, 0.05) is 17.0 Å². The van der Waals surface area contributed by atoms with Crippen molar-refractivity contribution in [1.82, 2.24) is 0 Å². The predicted octanol–water partition coefficient (Wildman–Crippen LogP) is 4.49. The van der Waals surface area contributed by atoms with E-state index < -0.39 is 0 Å². The summed E-state index contributed by atoms with van der Waals surface area (Å²) in [7, 11) is 0. The molecule has 0 saturated heterocycles. The minimum absolute atomic E-state index is 0.465. The van der Waals surface area contributed by atoms with Crippen molar-refractivity contribution in [2.45, 2.75) is 13.3 Å². The van der Waals surface area contributed by atoms with Crippen LogP contribution in [0.4, 0.5) is 0 Å². The summed E-state index contributed by atoms with van der Waals surface area (Å²) < 4.78 is 5.25. The lowest BCUT2D eigenvalue weighted by Gasteiger charge is -1.99. The molecule has 0 saturated carbocycles. The fourth-order valence-electron chi connectivity index (χ4n) is 1.53. The second kappa shape index (κ2) is 4.30. The molecule has 1 aromatic heterocycles. The summed E-state index contributed by atoms with van der Waals surface area (Å²) in [4.78, 5) is 0. The predicted molar refractivity (Wildman–Crippen MR) is 62.7 cm³/mol. The molecule has 2 aromatic rings. The molecular weight excluding hydrogens is 231 g/mol. The number of hydrogen-bond acceptors (Lipinski definition) is 1. The zero-order valence-corrected chi connectivity index (χ0v) is 9.77. The average Bonchev–Trinajstić information content (AvgIpc) is 2.45. The summed E-state index contributed by atoms with van der Waals surface area (Å²) in [5.74, 6) is 0.831. The van der Waals surface area contributed by atoms with Crippen molar-refractivity contribution in [2.75, 3.05) is 0 Å². The standard InChI is InChI=1S/C12H10Cl2O/c1-8-5-10(12(14)15-8)6-9-3-2-4-11(13)7-9/h2-5,7H,6H2,1H3. The lowest BCUT2D eigenvalue weighted by atomic mass is 10.1. The van der Waals surface area contributed by atoms with Crippen LogP contribution >= 0.6 is 23.2 Å². The Labute approximate surface area is 98.6 Å². The van der Waals surface area contributed by atoms with Gasteiger partial charge in [0.2, 0.25) is 0 Å². The molecule has 0 unspecified atom stereocenters. The Kier molecular flexibility index (Phi) is 3.03. The molecule has 3 heteroatoms. The Bertz CT molecular complexity index is 474. The van der Waals surface area contributed by atoms with E-state index >= 15 is 0 Å². The van der Waals surface area contributed by atoms with Gasteiger partial charge in [0.1, 0.15) is 5.76 Å². The first-order valence-corrected chi connectivity index (χ1v) is 5.40. The summed E-state index contributed by atoms with van der Waals surface area (Å²) in [6.45, 7) is 1.88. The lowest BCUT2D eigenvalue weighted by molar-refractivity contribution is 0.534. The van der Waals surface area contributed by atoms with Gasteiger partial charge in [0.25, 0.3) is 0 Å². The maximum Gasteiger partial charge on any atom is 0.196 e. The first-order valence-electron chi connectivity index (χ1n) is 4.64. The molecule has 1 aromatic carbocycles. The molecule has 0 radical (unpaired) electrons. The zero-order valence-electron chi connectivity index (χ0n) is 8.26. The van der Waals surface area contributed by atoms with Crippen LogP contribution in [-0.2, 0) is 6.42 Å². The number of rotatable bonds is 2. The van der Waals surface area contributed by atoms with Crippen molar-refractivity contribution >= 4 is 23.2 Å². The summed E-state index contributed by atoms with van der Waals surface area (Å²) in [5.41, 5.74) is 2.13. The molecule has 0 bridgehead atoms. The topological polar surface area (TPSA) is 13.1 Å². The maximum absolute atomic E-state index is 5.94. The smallest absolute Gasteiger partial charge is 0.196 e. The summed E-state index contributed by atoms with van der Waals surface area (Å²) in [6, 6.07) is 9.68. The third kappa shape index (κ3) is 2.55. The Morgan fingerprint density at radius 2 is 2.00 bits per heavy atom. The van der Waals surface area contributed by atoms with Crippen molar-refractivity contribution in [2.24, 2.45) is 0 Å². The van der Waals surface area contributed by atoms with E-state index in [1.165, 1.54) is 0 Å². The molecule has 0 spiro atoms. The Hall–Kier alpha value is -0.920. The molecular formula is C12H10Cl2O. The van der Waals surface area contributed by atoms with E-state index in [1.807, 2.05) is 37.3 Å². The first kappa shape index (κ1) is 10.6. The van der Waals surface area contributed by atoms with Gasteiger partial charge in [-0.05, 0) is 42.3 Å². The molecule has 2 rings (SSSR count). The highest BCUT2D eigenvalue weighted by Crippen LogP contribution is 2.24. The van der Waals surface area contributed by atoms with Gasteiger partial charge in [0.15, 0.2) is 5.22 Å². The number of benzene rings is 1. The molecule has 0 atom stereocenters. The minimum Gasteiger partial charge on any atom is -0.450 e. The van der Waals surface area contributed by atoms with Gasteiger partial charge in [0.05, 0.1) is 0 Å². The zero-order chi connectivity index (χ0) is 10.8. The van der Waals surface area contributed by atoms with Gasteiger partial charge in [-0.15, -0.1) is 0 Å². The minimum atomic E-state index is 0.465. The van der Waals surface area contributed by atoms with Gasteiger partial charge in [-0.2, -0.15) is 0 Å². The molecule has 0 N–H and O–H groups in total. The van der Waals surface area contributed by atoms with Gasteiger partial charge in [-0.3, -0.25) is 0 Å². The van der Waals surface area contributed by atoms with E-state index in [4.69, 9.17) is 27.6 Å². The molecule has 0 aliphatic rings. The third-order valence-electron chi connectivity index (χ3n) is 2.16. The summed E-state index contributed by atoms with van der Waals surface area (Å²) >= 11 is 11.8. The quantitative estimate of drug-likeness (QED) is 0.755. The second-order valence-corrected chi connectivity index (χ2v) is 4.24. The number of hydrogen-bond donors (Lipinski definition) is 0. The summed E-state index contributed by atoms with van der Waals surface area (Å²) in [5, 5.41) is 1.20. The average molecular weight is 241 g/mol. The SMILES string of the molecule is Cc1cc(Cc2cccc(Cl)c2)c(Cl)o1. The Morgan fingerprint density at radius 1 is 1.20 bits per heavy atom. The molecule has 0 amide bonds. The third-order valence-corrected chi connectivity index (χ3v) is 2.72. The van der Waals surface area contributed by atoms with Crippen LogP contribution in [0.15, 0.2) is 34.7 Å². The van der Waals surface area contributed by atoms with E-state index in [1.54, 1.807) is 0 Å². The van der Waals surface area contributed by atoms with Crippen molar-refractivity contribution in [3.63, 3.8) is 0 Å². The van der Waals surface area contributed by atoms with Crippen molar-refractivity contribution in [3.05, 3.63) is 57.5 Å². The van der Waals surface area contributed by atoms with Crippen LogP contribution in [0.5, 0.6) is 0 Å². The largest absolute Gasteiger partial charge is 0.450 e. The number of halogens is 2. The van der Waals surface area contributed by atoms with Crippen LogP contribution in [0.1, 0.15) is 16.9 Å². The van der Waals surface area contributed by atoms with Gasteiger partial charge >= 0.3 is 0 Å². The van der Waals surface area contributed by atoms with E-state index in [9.17, 15) is 0 Å². The second-order valence-electron chi connectivity index (χ2n) is 3.46. The Balaban J connectivity index is 2.25. The highest BCUT2D eigenvalue weighted by molar-refractivity contribution is 6.30. The van der Waals surface area contributed by atoms with Crippen LogP contribution in [0.25, 0.3) is 0 Å². The van der Waals surface area contributed by atoms with Crippen molar-refractivity contribution in [3.8, 4) is 0 Å². The van der Waals surface area contributed by atoms with Crippen LogP contribution in [0.2, 0.25) is 10.2 Å². The van der Waals surface area contributed by atoms with E-state index in [2.05, 4.69) is 0 Å². The number of furan rings is 1. The first-order chi connectivity index (χ1) is 7.15. The van der Waals surface area contributed by atoms with Gasteiger partial charge in [-0.1, -0.05) is 23.7 Å². The van der Waals surface area contributed by atoms with E-state index in [0.29, 0.717) is 5.22 Å². The highest BCUT2D eigenvalue weighted by Gasteiger charge is 2.07. The van der Waals surface area contributed by atoms with E-state index in [-0.39, 0.29) is 0 Å². The molecule has 1 nitrogen and oxygen atoms in total. The van der Waals surface area contributed by atoms with Crippen molar-refractivity contribution in [1.29, 1.82) is 0 Å². The Morgan fingerprint density at radius 3 is 2.60 bits per heavy atom. The van der Waals surface area contributed by atoms with Gasteiger partial charge < -0.3 is 4.42 Å². The monoisotopic (exact) mass is 240 g/mol. The fraction of sp³-hybridized carbons (Fsp3) is 0.167. The molecule has 78 valence electrons. The van der Waals surface area contributed by atoms with Crippen LogP contribution in [-0.4, -0.2) is 0 Å². The molecule has 1 heterocycles. The lowest BCUT2D eigenvalue weighted by Crippen LogP contribution is -1.85. The highest BCUT2D eigenvalue weighted by atomic mass is 35.5. The van der Waals surface area contributed by atoms with Gasteiger partial charge in [-0.25, -0.2) is 0 Å². The molecule has 15 heavy (non-hydrogen) atoms. The normalized spacial score (nSPS) is 10.6. The fourth-order valence-corrected chi connectivity index (χ4v) is 1.98. The molecule has 0 aliphatic heterocycles. The van der Waals surface area contributed by atoms with Crippen LogP contribution in [0.3, 0.4) is 0 Å². The molecule has 0 aliphatic carbocycles. The maximum atomic E-state index is 5.94. The number of aryl methyl sites for hydroxylation is 1.